The molecule has 4 aromatic rings. The smallest absolute Gasteiger partial charge is 0.325 e. The fourth-order valence-corrected chi connectivity index (χ4v) is 3.59. The van der Waals surface area contributed by atoms with Crippen molar-refractivity contribution in [2.24, 2.45) is 0 Å². The van der Waals surface area contributed by atoms with Crippen LogP contribution in [-0.4, -0.2) is 33.0 Å². The first-order valence-corrected chi connectivity index (χ1v) is 10.2. The van der Waals surface area contributed by atoms with Crippen molar-refractivity contribution in [2.75, 3.05) is 11.1 Å². The van der Waals surface area contributed by atoms with Crippen molar-refractivity contribution in [1.29, 1.82) is 0 Å². The van der Waals surface area contributed by atoms with Gasteiger partial charge in [0.2, 0.25) is 5.91 Å². The Kier molecular flexibility index (Phi) is 5.95. The van der Waals surface area contributed by atoms with Crippen LogP contribution in [0, 0.1) is 0 Å². The monoisotopic (exact) mass is 416 g/mol. The van der Waals surface area contributed by atoms with Crippen molar-refractivity contribution >= 4 is 29.1 Å². The molecular formula is C22H18N5O2S+. The van der Waals surface area contributed by atoms with E-state index in [0.29, 0.717) is 22.0 Å². The highest BCUT2D eigenvalue weighted by Gasteiger charge is 2.20. The summed E-state index contributed by atoms with van der Waals surface area (Å²) in [7, 11) is 0. The molecule has 0 fully saturated rings. The van der Waals surface area contributed by atoms with Gasteiger partial charge in [-0.15, -0.1) is 4.68 Å². The van der Waals surface area contributed by atoms with Crippen molar-refractivity contribution in [1.82, 2.24) is 15.5 Å². The molecule has 0 saturated carbocycles. The van der Waals surface area contributed by atoms with E-state index in [1.165, 1.54) is 11.8 Å². The zero-order valence-electron chi connectivity index (χ0n) is 15.9. The molecule has 0 unspecified atom stereocenters. The minimum absolute atomic E-state index is 0.118. The predicted octanol–water partition coefficient (Wildman–Crippen LogP) is 3.04. The summed E-state index contributed by atoms with van der Waals surface area (Å²) < 4.78 is 1.70. The van der Waals surface area contributed by atoms with Gasteiger partial charge in [0.1, 0.15) is 10.8 Å². The Morgan fingerprint density at radius 3 is 2.33 bits per heavy atom. The first kappa shape index (κ1) is 19.5. The van der Waals surface area contributed by atoms with Gasteiger partial charge in [-0.25, -0.2) is 0 Å². The van der Waals surface area contributed by atoms with Crippen LogP contribution in [0.1, 0.15) is 15.9 Å². The van der Waals surface area contributed by atoms with E-state index in [0.717, 1.165) is 5.69 Å². The van der Waals surface area contributed by atoms with Gasteiger partial charge in [0.25, 0.3) is 0 Å². The Labute approximate surface area is 177 Å². The van der Waals surface area contributed by atoms with E-state index in [-0.39, 0.29) is 17.4 Å². The molecule has 8 heteroatoms. The number of hydrogen-bond acceptors (Lipinski definition) is 5. The average molecular weight is 416 g/mol. The second-order valence-corrected chi connectivity index (χ2v) is 7.27. The van der Waals surface area contributed by atoms with Gasteiger partial charge in [-0.05, 0) is 36.0 Å². The van der Waals surface area contributed by atoms with Gasteiger partial charge in [-0.2, -0.15) is 0 Å². The number of carbonyl (C=O) groups is 2. The van der Waals surface area contributed by atoms with Crippen molar-refractivity contribution in [3.05, 3.63) is 96.1 Å². The summed E-state index contributed by atoms with van der Waals surface area (Å²) in [5.74, 6) is -0.263. The quantitative estimate of drug-likeness (QED) is 0.274. The van der Waals surface area contributed by atoms with Crippen LogP contribution < -0.4 is 10.00 Å². The maximum Gasteiger partial charge on any atom is 0.365 e. The molecule has 0 aliphatic rings. The number of hydrogen-bond donors (Lipinski definition) is 2. The maximum absolute atomic E-state index is 12.8. The Hall–Kier alpha value is -3.78. The van der Waals surface area contributed by atoms with E-state index in [4.69, 9.17) is 0 Å². The minimum Gasteiger partial charge on any atom is -0.325 e. The summed E-state index contributed by atoms with van der Waals surface area (Å²) in [5.41, 5.74) is 2.36. The molecule has 30 heavy (non-hydrogen) atoms. The molecule has 0 aliphatic heterocycles. The van der Waals surface area contributed by atoms with Crippen molar-refractivity contribution < 1.29 is 14.3 Å². The van der Waals surface area contributed by atoms with Crippen LogP contribution in [0.5, 0.6) is 0 Å². The lowest BCUT2D eigenvalue weighted by Crippen LogP contribution is -2.35. The predicted molar refractivity (Wildman–Crippen MR) is 114 cm³/mol. The fourth-order valence-electron chi connectivity index (χ4n) is 2.89. The van der Waals surface area contributed by atoms with Crippen LogP contribution in [0.2, 0.25) is 0 Å². The number of nitrogens with zero attached hydrogens (tertiary/aromatic N) is 3. The molecule has 2 N–H and O–H groups in total. The van der Waals surface area contributed by atoms with E-state index in [9.17, 15) is 9.59 Å². The van der Waals surface area contributed by atoms with Crippen molar-refractivity contribution in [3.63, 3.8) is 0 Å². The van der Waals surface area contributed by atoms with Crippen LogP contribution in [-0.2, 0) is 4.79 Å². The number of aromatic nitrogens is 4. The zero-order chi connectivity index (χ0) is 20.8. The minimum atomic E-state index is -0.240. The summed E-state index contributed by atoms with van der Waals surface area (Å²) in [4.78, 5) is 25.4. The number of H-pyrrole nitrogens is 1. The van der Waals surface area contributed by atoms with Gasteiger partial charge in [-0.3, -0.25) is 9.59 Å². The topological polar surface area (TPSA) is 91.6 Å². The van der Waals surface area contributed by atoms with Crippen molar-refractivity contribution in [2.45, 2.75) is 5.16 Å². The van der Waals surface area contributed by atoms with Gasteiger partial charge in [-0.1, -0.05) is 65.9 Å². The first-order valence-electron chi connectivity index (χ1n) is 9.22. The number of anilines is 1. The molecule has 0 saturated heterocycles. The van der Waals surface area contributed by atoms with Crippen LogP contribution in [0.3, 0.4) is 0 Å². The van der Waals surface area contributed by atoms with Gasteiger partial charge in [0, 0.05) is 11.1 Å². The third-order valence-electron chi connectivity index (χ3n) is 4.30. The maximum atomic E-state index is 12.8. The molecule has 148 valence electrons. The molecule has 1 aromatic heterocycles. The number of tetrazole rings is 1. The van der Waals surface area contributed by atoms with Gasteiger partial charge < -0.3 is 5.32 Å². The highest BCUT2D eigenvalue weighted by atomic mass is 32.2. The van der Waals surface area contributed by atoms with E-state index in [1.807, 2.05) is 48.5 Å². The summed E-state index contributed by atoms with van der Waals surface area (Å²) in [6, 6.07) is 25.5. The van der Waals surface area contributed by atoms with Crippen LogP contribution >= 0.6 is 11.8 Å². The van der Waals surface area contributed by atoms with Crippen LogP contribution in [0.4, 0.5) is 5.69 Å². The second-order valence-electron chi connectivity index (χ2n) is 6.33. The SMILES string of the molecule is O=C(CSc1nn[nH][n+]1-c1ccccc1)Nc1ccccc1C(=O)c1ccccc1. The summed E-state index contributed by atoms with van der Waals surface area (Å²) >= 11 is 1.25. The van der Waals surface area contributed by atoms with Gasteiger partial charge >= 0.3 is 5.16 Å². The summed E-state index contributed by atoms with van der Waals surface area (Å²) in [5, 5.41) is 14.1. The second kappa shape index (κ2) is 9.15. The highest BCUT2D eigenvalue weighted by molar-refractivity contribution is 7.99. The Bertz CT molecular complexity index is 1160. The number of carbonyl (C=O) groups excluding carboxylic acids is 2. The van der Waals surface area contributed by atoms with Gasteiger partial charge in [0.05, 0.1) is 11.4 Å². The average Bonchev–Trinajstić information content (AvgIpc) is 3.27. The standard InChI is InChI=1S/C22H17N5O2S/c28-20(15-30-22-24-25-26-27(22)17-11-5-2-6-12-17)23-19-14-8-7-13-18(19)21(29)16-9-3-1-4-10-16/h1-14H,15H2,(H,23,28,29)/p+1. The lowest BCUT2D eigenvalue weighted by atomic mass is 10.0. The number of aromatic amines is 1. The lowest BCUT2D eigenvalue weighted by molar-refractivity contribution is -0.697. The van der Waals surface area contributed by atoms with E-state index in [1.54, 1.807) is 41.1 Å². The van der Waals surface area contributed by atoms with Gasteiger partial charge in [0.15, 0.2) is 11.0 Å². The molecule has 7 nitrogen and oxygen atoms in total. The number of ketones is 1. The molecule has 0 atom stereocenters. The van der Waals surface area contributed by atoms with E-state index >= 15 is 0 Å². The fraction of sp³-hybridized carbons (Fsp3) is 0.0455. The Morgan fingerprint density at radius 2 is 1.57 bits per heavy atom. The number of thioether (sulfide) groups is 1. The Morgan fingerprint density at radius 1 is 0.900 bits per heavy atom. The summed E-state index contributed by atoms with van der Waals surface area (Å²) in [6.07, 6.45) is 0. The largest absolute Gasteiger partial charge is 0.365 e. The van der Waals surface area contributed by atoms with Crippen LogP contribution in [0.15, 0.2) is 90.1 Å². The third kappa shape index (κ3) is 4.44. The molecular weight excluding hydrogens is 398 g/mol. The number of benzene rings is 3. The molecule has 0 aliphatic carbocycles. The zero-order valence-corrected chi connectivity index (χ0v) is 16.7. The molecule has 0 radical (unpaired) electrons. The van der Waals surface area contributed by atoms with Crippen LogP contribution in [0.25, 0.3) is 5.69 Å². The number of para-hydroxylation sites is 2. The number of nitrogens with one attached hydrogen (secondary N) is 2. The van der Waals surface area contributed by atoms with E-state index < -0.39 is 0 Å². The highest BCUT2D eigenvalue weighted by Crippen LogP contribution is 2.20. The molecule has 3 aromatic carbocycles. The third-order valence-corrected chi connectivity index (χ3v) is 5.23. The van der Waals surface area contributed by atoms with E-state index in [2.05, 4.69) is 20.8 Å². The molecule has 0 spiro atoms. The molecule has 0 bridgehead atoms. The molecule has 1 heterocycles. The molecule has 4 rings (SSSR count). The number of amides is 1. The number of rotatable bonds is 7. The lowest BCUT2D eigenvalue weighted by Gasteiger charge is -2.10. The Balaban J connectivity index is 1.45. The molecule has 1 amide bonds. The normalized spacial score (nSPS) is 10.5. The summed E-state index contributed by atoms with van der Waals surface area (Å²) in [6.45, 7) is 0. The first-order chi connectivity index (χ1) is 14.7. The van der Waals surface area contributed by atoms with Crippen molar-refractivity contribution in [3.8, 4) is 5.69 Å².